The van der Waals surface area contributed by atoms with Gasteiger partial charge in [0.1, 0.15) is 5.56 Å². The molecule has 4 rings (SSSR count). The van der Waals surface area contributed by atoms with Gasteiger partial charge in [0.05, 0.1) is 4.90 Å². The molecule has 1 aliphatic heterocycles. The summed E-state index contributed by atoms with van der Waals surface area (Å²) < 4.78 is 27.6. The van der Waals surface area contributed by atoms with Crippen LogP contribution in [0.1, 0.15) is 35.7 Å². The third-order valence-corrected chi connectivity index (χ3v) is 7.67. The minimum absolute atomic E-state index is 0.0511. The molecule has 1 saturated heterocycles. The number of pyridine rings is 1. The van der Waals surface area contributed by atoms with E-state index in [1.807, 2.05) is 30.3 Å². The zero-order chi connectivity index (χ0) is 22.0. The standard InChI is InChI=1S/C23H25N3O4S/c1-16-9-11-26(12-10-16)31(29,30)18-7-8-21-19(13-18)22(27)20(15-24-21)23(28)25-14-17-5-3-2-4-6-17/h2-8,13,15-16H,9-12,14H2,1H3,(H,24,27)(H,25,28). The zero-order valence-electron chi connectivity index (χ0n) is 17.3. The lowest BCUT2D eigenvalue weighted by Crippen LogP contribution is -2.37. The fourth-order valence-corrected chi connectivity index (χ4v) is 5.27. The van der Waals surface area contributed by atoms with Gasteiger partial charge in [0.15, 0.2) is 0 Å². The number of benzene rings is 2. The Labute approximate surface area is 181 Å². The summed E-state index contributed by atoms with van der Waals surface area (Å²) in [5.74, 6) is -0.00636. The molecule has 0 unspecified atom stereocenters. The van der Waals surface area contributed by atoms with E-state index in [-0.39, 0.29) is 15.8 Å². The molecular formula is C23H25N3O4S. The molecule has 1 fully saturated rings. The topological polar surface area (TPSA) is 99.3 Å². The molecular weight excluding hydrogens is 414 g/mol. The van der Waals surface area contributed by atoms with Gasteiger partial charge in [0.25, 0.3) is 5.91 Å². The van der Waals surface area contributed by atoms with Gasteiger partial charge in [-0.1, -0.05) is 37.3 Å². The van der Waals surface area contributed by atoms with Gasteiger partial charge in [-0.05, 0) is 42.5 Å². The lowest BCUT2D eigenvalue weighted by Gasteiger charge is -2.29. The number of amides is 1. The Morgan fingerprint density at radius 3 is 2.55 bits per heavy atom. The number of fused-ring (bicyclic) bond motifs is 1. The van der Waals surface area contributed by atoms with E-state index < -0.39 is 21.4 Å². The lowest BCUT2D eigenvalue weighted by molar-refractivity contribution is 0.0949. The lowest BCUT2D eigenvalue weighted by atomic mass is 10.0. The van der Waals surface area contributed by atoms with Gasteiger partial charge in [-0.25, -0.2) is 8.42 Å². The van der Waals surface area contributed by atoms with Crippen LogP contribution in [-0.4, -0.2) is 36.7 Å². The van der Waals surface area contributed by atoms with E-state index in [2.05, 4.69) is 17.2 Å². The normalized spacial score (nSPS) is 15.8. The summed E-state index contributed by atoms with van der Waals surface area (Å²) >= 11 is 0. The van der Waals surface area contributed by atoms with E-state index in [9.17, 15) is 18.0 Å². The summed E-state index contributed by atoms with van der Waals surface area (Å²) in [4.78, 5) is 28.6. The van der Waals surface area contributed by atoms with Gasteiger partial charge in [-0.3, -0.25) is 9.59 Å². The number of rotatable bonds is 5. The van der Waals surface area contributed by atoms with E-state index >= 15 is 0 Å². The Balaban J connectivity index is 1.62. The SMILES string of the molecule is CC1CCN(S(=O)(=O)c2ccc3[nH]cc(C(=O)NCc4ccccc4)c(=O)c3c2)CC1. The molecule has 1 amide bonds. The van der Waals surface area contributed by atoms with Gasteiger partial charge >= 0.3 is 0 Å². The van der Waals surface area contributed by atoms with Crippen molar-refractivity contribution in [1.29, 1.82) is 0 Å². The summed E-state index contributed by atoms with van der Waals surface area (Å²) in [5, 5.41) is 2.92. The molecule has 0 saturated carbocycles. The Morgan fingerprint density at radius 2 is 1.84 bits per heavy atom. The predicted molar refractivity (Wildman–Crippen MR) is 119 cm³/mol. The number of aromatic amines is 1. The van der Waals surface area contributed by atoms with Crippen LogP contribution in [0.15, 0.2) is 64.4 Å². The number of carbonyl (C=O) groups is 1. The molecule has 162 valence electrons. The van der Waals surface area contributed by atoms with Crippen molar-refractivity contribution in [2.45, 2.75) is 31.2 Å². The Kier molecular flexibility index (Phi) is 5.93. The van der Waals surface area contributed by atoms with Crippen molar-refractivity contribution in [2.75, 3.05) is 13.1 Å². The number of piperidine rings is 1. The molecule has 0 spiro atoms. The number of nitrogens with one attached hydrogen (secondary N) is 2. The molecule has 0 bridgehead atoms. The van der Waals surface area contributed by atoms with Crippen LogP contribution in [0.4, 0.5) is 0 Å². The third-order valence-electron chi connectivity index (χ3n) is 5.77. The number of hydrogen-bond donors (Lipinski definition) is 2. The summed E-state index contributed by atoms with van der Waals surface area (Å²) in [6.45, 7) is 3.35. The average molecular weight is 440 g/mol. The van der Waals surface area contributed by atoms with Crippen LogP contribution in [-0.2, 0) is 16.6 Å². The van der Waals surface area contributed by atoms with E-state index in [1.165, 1.54) is 22.6 Å². The first kappa shape index (κ1) is 21.3. The second-order valence-corrected chi connectivity index (χ2v) is 9.93. The van der Waals surface area contributed by atoms with E-state index in [4.69, 9.17) is 0 Å². The third kappa shape index (κ3) is 4.40. The number of nitrogens with zero attached hydrogens (tertiary/aromatic N) is 1. The first-order valence-corrected chi connectivity index (χ1v) is 11.8. The van der Waals surface area contributed by atoms with Crippen molar-refractivity contribution >= 4 is 26.8 Å². The highest BCUT2D eigenvalue weighted by Crippen LogP contribution is 2.24. The van der Waals surface area contributed by atoms with Gasteiger partial charge < -0.3 is 10.3 Å². The molecule has 1 aromatic heterocycles. The van der Waals surface area contributed by atoms with Crippen LogP contribution in [0, 0.1) is 5.92 Å². The van der Waals surface area contributed by atoms with Crippen molar-refractivity contribution in [1.82, 2.24) is 14.6 Å². The van der Waals surface area contributed by atoms with Crippen LogP contribution < -0.4 is 10.7 Å². The van der Waals surface area contributed by atoms with E-state index in [0.717, 1.165) is 18.4 Å². The van der Waals surface area contributed by atoms with Crippen LogP contribution in [0.2, 0.25) is 0 Å². The maximum atomic E-state index is 13.1. The highest BCUT2D eigenvalue weighted by Gasteiger charge is 2.28. The summed E-state index contributed by atoms with van der Waals surface area (Å²) in [7, 11) is -3.69. The maximum absolute atomic E-state index is 13.1. The fourth-order valence-electron chi connectivity index (χ4n) is 3.77. The first-order valence-electron chi connectivity index (χ1n) is 10.3. The Hall–Kier alpha value is -2.97. The molecule has 2 heterocycles. The molecule has 1 aliphatic rings. The number of carbonyl (C=O) groups excluding carboxylic acids is 1. The minimum atomic E-state index is -3.69. The maximum Gasteiger partial charge on any atom is 0.257 e. The molecule has 0 atom stereocenters. The molecule has 2 N–H and O–H groups in total. The molecule has 7 nitrogen and oxygen atoms in total. The summed E-state index contributed by atoms with van der Waals surface area (Å²) in [6.07, 6.45) is 3.00. The first-order chi connectivity index (χ1) is 14.9. The van der Waals surface area contributed by atoms with Crippen molar-refractivity contribution in [2.24, 2.45) is 5.92 Å². The quantitative estimate of drug-likeness (QED) is 0.639. The van der Waals surface area contributed by atoms with Crippen LogP contribution in [0.5, 0.6) is 0 Å². The second-order valence-electron chi connectivity index (χ2n) is 7.99. The highest BCUT2D eigenvalue weighted by molar-refractivity contribution is 7.89. The van der Waals surface area contributed by atoms with Gasteiger partial charge in [-0.2, -0.15) is 4.31 Å². The number of hydrogen-bond acceptors (Lipinski definition) is 4. The van der Waals surface area contributed by atoms with Gasteiger partial charge in [0.2, 0.25) is 15.5 Å². The van der Waals surface area contributed by atoms with E-state index in [0.29, 0.717) is 31.1 Å². The highest BCUT2D eigenvalue weighted by atomic mass is 32.2. The molecule has 31 heavy (non-hydrogen) atoms. The predicted octanol–water partition coefficient (Wildman–Crippen LogP) is 2.88. The largest absolute Gasteiger partial charge is 0.360 e. The fraction of sp³-hybridized carbons (Fsp3) is 0.304. The number of H-pyrrole nitrogens is 1. The van der Waals surface area contributed by atoms with Crippen LogP contribution in [0.3, 0.4) is 0 Å². The summed E-state index contributed by atoms with van der Waals surface area (Å²) in [6, 6.07) is 13.8. The number of sulfonamides is 1. The smallest absolute Gasteiger partial charge is 0.257 e. The molecule has 0 aliphatic carbocycles. The minimum Gasteiger partial charge on any atom is -0.360 e. The van der Waals surface area contributed by atoms with Crippen molar-refractivity contribution < 1.29 is 13.2 Å². The summed E-state index contributed by atoms with van der Waals surface area (Å²) in [5.41, 5.74) is 0.849. The van der Waals surface area contributed by atoms with Gasteiger partial charge in [0, 0.05) is 36.7 Å². The van der Waals surface area contributed by atoms with Crippen LogP contribution in [0.25, 0.3) is 10.9 Å². The molecule has 0 radical (unpaired) electrons. The van der Waals surface area contributed by atoms with E-state index in [1.54, 1.807) is 6.07 Å². The van der Waals surface area contributed by atoms with Crippen molar-refractivity contribution in [3.8, 4) is 0 Å². The van der Waals surface area contributed by atoms with Crippen molar-refractivity contribution in [3.63, 3.8) is 0 Å². The molecule has 3 aromatic rings. The van der Waals surface area contributed by atoms with Crippen LogP contribution >= 0.6 is 0 Å². The van der Waals surface area contributed by atoms with Crippen molar-refractivity contribution in [3.05, 3.63) is 76.1 Å². The number of aromatic nitrogens is 1. The monoisotopic (exact) mass is 439 g/mol. The Bertz CT molecular complexity index is 1260. The second kappa shape index (κ2) is 8.64. The molecule has 2 aromatic carbocycles. The average Bonchev–Trinajstić information content (AvgIpc) is 2.78. The van der Waals surface area contributed by atoms with Gasteiger partial charge in [-0.15, -0.1) is 0 Å². The molecule has 8 heteroatoms. The Morgan fingerprint density at radius 1 is 1.13 bits per heavy atom. The zero-order valence-corrected chi connectivity index (χ0v) is 18.1.